The van der Waals surface area contributed by atoms with E-state index >= 15 is 0 Å². The highest BCUT2D eigenvalue weighted by molar-refractivity contribution is 7.85. The number of ether oxygens (including phenoxy) is 1. The average Bonchev–Trinajstić information content (AvgIpc) is 2.46. The van der Waals surface area contributed by atoms with Gasteiger partial charge in [-0.05, 0) is 6.42 Å². The standard InChI is InChI=1S/C16H29F3O5S/c1-2-3-4-5-6-7-8-9-10-11-12-15(20)24-14(16(17,18)19)13-25(21,22)23/h14H,2-13H2,1H3,(H,21,22,23). The number of esters is 1. The minimum absolute atomic E-state index is 0.200. The van der Waals surface area contributed by atoms with Crippen molar-refractivity contribution in [1.82, 2.24) is 0 Å². The van der Waals surface area contributed by atoms with Crippen LogP contribution in [0, 0.1) is 0 Å². The molecule has 1 unspecified atom stereocenters. The molecule has 0 aromatic rings. The Balaban J connectivity index is 3.87. The van der Waals surface area contributed by atoms with Gasteiger partial charge in [-0.3, -0.25) is 9.35 Å². The molecule has 150 valence electrons. The summed E-state index contributed by atoms with van der Waals surface area (Å²) in [5, 5.41) is 0. The summed E-state index contributed by atoms with van der Waals surface area (Å²) in [6, 6.07) is 0. The lowest BCUT2D eigenvalue weighted by atomic mass is 10.1. The van der Waals surface area contributed by atoms with Crippen LogP contribution in [0.25, 0.3) is 0 Å². The van der Waals surface area contributed by atoms with Crippen molar-refractivity contribution in [1.29, 1.82) is 0 Å². The SMILES string of the molecule is CCCCCCCCCCCCC(=O)OC(CS(=O)(=O)O)C(F)(F)F. The van der Waals surface area contributed by atoms with Gasteiger partial charge >= 0.3 is 12.1 Å². The van der Waals surface area contributed by atoms with E-state index in [1.54, 1.807) is 0 Å². The number of unbranched alkanes of at least 4 members (excludes halogenated alkanes) is 9. The minimum atomic E-state index is -5.04. The third kappa shape index (κ3) is 15.2. The van der Waals surface area contributed by atoms with Crippen molar-refractivity contribution >= 4 is 16.1 Å². The van der Waals surface area contributed by atoms with Crippen molar-refractivity contribution in [2.75, 3.05) is 5.75 Å². The Morgan fingerprint density at radius 3 is 1.80 bits per heavy atom. The Kier molecular flexibility index (Phi) is 12.1. The Labute approximate surface area is 148 Å². The zero-order chi connectivity index (χ0) is 19.3. The van der Waals surface area contributed by atoms with Gasteiger partial charge in [0.1, 0.15) is 5.75 Å². The van der Waals surface area contributed by atoms with Crippen LogP contribution in [0.5, 0.6) is 0 Å². The molecule has 0 radical (unpaired) electrons. The monoisotopic (exact) mass is 390 g/mol. The predicted molar refractivity (Wildman–Crippen MR) is 88.8 cm³/mol. The summed E-state index contributed by atoms with van der Waals surface area (Å²) in [6.07, 6.45) is 2.14. The molecule has 0 saturated heterocycles. The number of hydrogen-bond acceptors (Lipinski definition) is 4. The van der Waals surface area contributed by atoms with Crippen molar-refractivity contribution in [3.05, 3.63) is 0 Å². The molecule has 5 nitrogen and oxygen atoms in total. The summed E-state index contributed by atoms with van der Waals surface area (Å²) in [5.74, 6) is -2.79. The fraction of sp³-hybridized carbons (Fsp3) is 0.938. The van der Waals surface area contributed by atoms with E-state index in [1.807, 2.05) is 0 Å². The van der Waals surface area contributed by atoms with Crippen LogP contribution in [0.15, 0.2) is 0 Å². The fourth-order valence-electron chi connectivity index (χ4n) is 2.36. The van der Waals surface area contributed by atoms with Crippen molar-refractivity contribution in [2.45, 2.75) is 89.8 Å². The normalized spacial score (nSPS) is 13.6. The summed E-state index contributed by atoms with van der Waals surface area (Å²) >= 11 is 0. The van der Waals surface area contributed by atoms with Crippen LogP contribution in [0.3, 0.4) is 0 Å². The first kappa shape index (κ1) is 24.2. The lowest BCUT2D eigenvalue weighted by Gasteiger charge is -2.19. The third-order valence-corrected chi connectivity index (χ3v) is 4.46. The highest BCUT2D eigenvalue weighted by atomic mass is 32.2. The Morgan fingerprint density at radius 2 is 1.40 bits per heavy atom. The molecular weight excluding hydrogens is 361 g/mol. The molecule has 0 amide bonds. The number of hydrogen-bond donors (Lipinski definition) is 1. The molecule has 0 rings (SSSR count). The van der Waals surface area contributed by atoms with E-state index in [2.05, 4.69) is 11.7 Å². The van der Waals surface area contributed by atoms with Gasteiger partial charge in [0.25, 0.3) is 10.1 Å². The molecule has 9 heteroatoms. The Morgan fingerprint density at radius 1 is 0.960 bits per heavy atom. The van der Waals surface area contributed by atoms with Crippen LogP contribution < -0.4 is 0 Å². The molecule has 0 heterocycles. The molecular formula is C16H29F3O5S. The molecule has 0 spiro atoms. The van der Waals surface area contributed by atoms with Gasteiger partial charge in [0, 0.05) is 6.42 Å². The second kappa shape index (κ2) is 12.5. The number of halogens is 3. The Bertz CT molecular complexity index is 463. The van der Waals surface area contributed by atoms with Gasteiger partial charge in [0.15, 0.2) is 0 Å². The zero-order valence-corrected chi connectivity index (χ0v) is 15.5. The van der Waals surface area contributed by atoms with Gasteiger partial charge in [-0.25, -0.2) is 0 Å². The van der Waals surface area contributed by atoms with Crippen LogP contribution in [-0.4, -0.2) is 37.0 Å². The zero-order valence-electron chi connectivity index (χ0n) is 14.7. The first-order valence-electron chi connectivity index (χ1n) is 8.77. The molecule has 0 saturated carbocycles. The summed E-state index contributed by atoms with van der Waals surface area (Å²) in [7, 11) is -4.89. The van der Waals surface area contributed by atoms with Gasteiger partial charge < -0.3 is 4.74 Å². The maximum atomic E-state index is 12.6. The number of carbonyl (C=O) groups excluding carboxylic acids is 1. The molecule has 25 heavy (non-hydrogen) atoms. The molecule has 0 aliphatic heterocycles. The smallest absolute Gasteiger partial charge is 0.426 e. The van der Waals surface area contributed by atoms with Gasteiger partial charge in [-0.1, -0.05) is 64.7 Å². The average molecular weight is 390 g/mol. The van der Waals surface area contributed by atoms with Gasteiger partial charge in [-0.2, -0.15) is 21.6 Å². The molecule has 0 aromatic carbocycles. The van der Waals surface area contributed by atoms with Crippen LogP contribution in [0.1, 0.15) is 77.6 Å². The van der Waals surface area contributed by atoms with E-state index in [1.165, 1.54) is 32.1 Å². The lowest BCUT2D eigenvalue weighted by molar-refractivity contribution is -0.215. The van der Waals surface area contributed by atoms with E-state index in [-0.39, 0.29) is 6.42 Å². The molecule has 0 fully saturated rings. The van der Waals surface area contributed by atoms with Crippen LogP contribution in [-0.2, 0) is 19.6 Å². The summed E-state index contributed by atoms with van der Waals surface area (Å²) in [6.45, 7) is 2.16. The quantitative estimate of drug-likeness (QED) is 0.265. The molecule has 0 aliphatic rings. The van der Waals surface area contributed by atoms with Crippen LogP contribution in [0.2, 0.25) is 0 Å². The van der Waals surface area contributed by atoms with Gasteiger partial charge in [0.2, 0.25) is 6.10 Å². The van der Waals surface area contributed by atoms with E-state index in [4.69, 9.17) is 4.55 Å². The molecule has 1 atom stereocenters. The first-order chi connectivity index (χ1) is 11.6. The maximum absolute atomic E-state index is 12.6. The molecule has 0 bridgehead atoms. The largest absolute Gasteiger partial charge is 0.451 e. The maximum Gasteiger partial charge on any atom is 0.426 e. The highest BCUT2D eigenvalue weighted by Gasteiger charge is 2.45. The predicted octanol–water partition coefficient (Wildman–Crippen LogP) is 4.66. The van der Waals surface area contributed by atoms with Crippen molar-refractivity contribution in [2.24, 2.45) is 0 Å². The fourth-order valence-corrected chi connectivity index (χ4v) is 3.00. The molecule has 0 aromatic heterocycles. The third-order valence-electron chi connectivity index (χ3n) is 3.74. The van der Waals surface area contributed by atoms with Crippen LogP contribution >= 0.6 is 0 Å². The number of rotatable bonds is 14. The summed E-state index contributed by atoms with van der Waals surface area (Å²) in [4.78, 5) is 11.4. The topological polar surface area (TPSA) is 80.7 Å². The molecule has 0 aliphatic carbocycles. The van der Waals surface area contributed by atoms with E-state index < -0.39 is 34.1 Å². The summed E-state index contributed by atoms with van der Waals surface area (Å²) < 4.78 is 71.6. The highest BCUT2D eigenvalue weighted by Crippen LogP contribution is 2.24. The van der Waals surface area contributed by atoms with E-state index in [0.717, 1.165) is 19.3 Å². The number of carbonyl (C=O) groups is 1. The second-order valence-corrected chi connectivity index (χ2v) is 7.70. The summed E-state index contributed by atoms with van der Waals surface area (Å²) in [5.41, 5.74) is 0. The van der Waals surface area contributed by atoms with E-state index in [9.17, 15) is 26.4 Å². The van der Waals surface area contributed by atoms with Crippen molar-refractivity contribution in [3.63, 3.8) is 0 Å². The van der Waals surface area contributed by atoms with Crippen molar-refractivity contribution < 1.29 is 35.7 Å². The minimum Gasteiger partial charge on any atom is -0.451 e. The van der Waals surface area contributed by atoms with E-state index in [0.29, 0.717) is 12.8 Å². The first-order valence-corrected chi connectivity index (χ1v) is 10.4. The van der Waals surface area contributed by atoms with Crippen molar-refractivity contribution in [3.8, 4) is 0 Å². The lowest BCUT2D eigenvalue weighted by Crippen LogP contribution is -2.39. The van der Waals surface area contributed by atoms with Gasteiger partial charge in [0.05, 0.1) is 0 Å². The Hall–Kier alpha value is -0.830. The number of alkyl halides is 3. The van der Waals surface area contributed by atoms with Gasteiger partial charge in [-0.15, -0.1) is 0 Å². The molecule has 1 N–H and O–H groups in total. The second-order valence-electron chi connectivity index (χ2n) is 6.20. The van der Waals surface area contributed by atoms with Crippen LogP contribution in [0.4, 0.5) is 13.2 Å².